The molecule has 0 aliphatic rings. The SMILES string of the molecule is CCS(=O)(=O)N(C)Cc1nc(-c2ccc(CN)cc2)no1.Cl. The standard InChI is InChI=1S/C13H18N4O3S.ClH/c1-3-21(18,19)17(2)9-12-15-13(16-20-12)11-6-4-10(8-14)5-7-11;/h4-7H,3,8-9,14H2,1-2H3;1H. The molecule has 0 aliphatic carbocycles. The highest BCUT2D eigenvalue weighted by Gasteiger charge is 2.19. The number of halogens is 1. The van der Waals surface area contributed by atoms with E-state index in [0.717, 1.165) is 11.1 Å². The number of aromatic nitrogens is 2. The van der Waals surface area contributed by atoms with Crippen LogP contribution in [0, 0.1) is 0 Å². The molecule has 7 nitrogen and oxygen atoms in total. The normalized spacial score (nSPS) is 11.5. The lowest BCUT2D eigenvalue weighted by Gasteiger charge is -2.12. The van der Waals surface area contributed by atoms with Crippen molar-refractivity contribution in [2.75, 3.05) is 12.8 Å². The molecule has 9 heteroatoms. The van der Waals surface area contributed by atoms with Crippen molar-refractivity contribution in [1.29, 1.82) is 0 Å². The van der Waals surface area contributed by atoms with Crippen LogP contribution in [0.3, 0.4) is 0 Å². The number of nitrogens with two attached hydrogens (primary N) is 1. The molecule has 1 aromatic heterocycles. The molecule has 0 amide bonds. The van der Waals surface area contributed by atoms with Crippen LogP contribution in [0.1, 0.15) is 18.4 Å². The summed E-state index contributed by atoms with van der Waals surface area (Å²) in [4.78, 5) is 4.21. The third-order valence-corrected chi connectivity index (χ3v) is 4.92. The molecule has 2 rings (SSSR count). The molecule has 0 saturated heterocycles. The van der Waals surface area contributed by atoms with E-state index in [0.29, 0.717) is 12.4 Å². The minimum atomic E-state index is -3.27. The second-order valence-electron chi connectivity index (χ2n) is 4.57. The van der Waals surface area contributed by atoms with E-state index in [-0.39, 0.29) is 30.6 Å². The molecule has 0 unspecified atom stereocenters. The predicted octanol–water partition coefficient (Wildman–Crippen LogP) is 1.40. The maximum absolute atomic E-state index is 11.7. The van der Waals surface area contributed by atoms with Crippen molar-refractivity contribution in [2.45, 2.75) is 20.0 Å². The smallest absolute Gasteiger partial charge is 0.242 e. The number of nitrogens with zero attached hydrogens (tertiary/aromatic N) is 3. The molecule has 0 bridgehead atoms. The van der Waals surface area contributed by atoms with E-state index >= 15 is 0 Å². The van der Waals surface area contributed by atoms with Gasteiger partial charge in [-0.05, 0) is 12.5 Å². The van der Waals surface area contributed by atoms with Gasteiger partial charge in [0.15, 0.2) is 0 Å². The molecule has 0 atom stereocenters. The molecule has 22 heavy (non-hydrogen) atoms. The molecule has 0 saturated carbocycles. The Morgan fingerprint density at radius 1 is 1.27 bits per heavy atom. The van der Waals surface area contributed by atoms with E-state index in [1.807, 2.05) is 24.3 Å². The van der Waals surface area contributed by atoms with Gasteiger partial charge in [-0.3, -0.25) is 0 Å². The third kappa shape index (κ3) is 4.26. The number of hydrogen-bond donors (Lipinski definition) is 1. The molecule has 122 valence electrons. The summed E-state index contributed by atoms with van der Waals surface area (Å²) in [5.74, 6) is 0.716. The Kier molecular flexibility index (Phi) is 6.48. The Morgan fingerprint density at radius 3 is 2.45 bits per heavy atom. The van der Waals surface area contributed by atoms with Crippen LogP contribution in [0.25, 0.3) is 11.4 Å². The predicted molar refractivity (Wildman–Crippen MR) is 85.8 cm³/mol. The lowest BCUT2D eigenvalue weighted by atomic mass is 10.1. The maximum atomic E-state index is 11.7. The number of sulfonamides is 1. The third-order valence-electron chi connectivity index (χ3n) is 3.11. The first-order valence-corrected chi connectivity index (χ1v) is 8.13. The second-order valence-corrected chi connectivity index (χ2v) is 6.93. The van der Waals surface area contributed by atoms with Gasteiger partial charge in [-0.25, -0.2) is 8.42 Å². The Labute approximate surface area is 136 Å². The first-order valence-electron chi connectivity index (χ1n) is 6.52. The van der Waals surface area contributed by atoms with E-state index < -0.39 is 10.0 Å². The fraction of sp³-hybridized carbons (Fsp3) is 0.385. The van der Waals surface area contributed by atoms with Crippen LogP contribution in [0.5, 0.6) is 0 Å². The average molecular weight is 347 g/mol. The lowest BCUT2D eigenvalue weighted by molar-refractivity contribution is 0.337. The topological polar surface area (TPSA) is 102 Å². The Morgan fingerprint density at radius 2 is 1.91 bits per heavy atom. The Hall–Kier alpha value is -1.48. The summed E-state index contributed by atoms with van der Waals surface area (Å²) in [6.45, 7) is 2.12. The van der Waals surface area contributed by atoms with Gasteiger partial charge in [-0.15, -0.1) is 12.4 Å². The van der Waals surface area contributed by atoms with Crippen molar-refractivity contribution < 1.29 is 12.9 Å². The van der Waals surface area contributed by atoms with Crippen LogP contribution in [-0.4, -0.2) is 35.7 Å². The van der Waals surface area contributed by atoms with Crippen molar-refractivity contribution >= 4 is 22.4 Å². The van der Waals surface area contributed by atoms with Crippen molar-refractivity contribution in [3.05, 3.63) is 35.7 Å². The maximum Gasteiger partial charge on any atom is 0.242 e. The van der Waals surface area contributed by atoms with E-state index in [4.69, 9.17) is 10.3 Å². The van der Waals surface area contributed by atoms with E-state index in [9.17, 15) is 8.42 Å². The molecule has 0 spiro atoms. The van der Waals surface area contributed by atoms with E-state index in [2.05, 4.69) is 10.1 Å². The average Bonchev–Trinajstić information content (AvgIpc) is 2.95. The zero-order chi connectivity index (χ0) is 15.5. The minimum Gasteiger partial charge on any atom is -0.338 e. The molecule has 0 aliphatic heterocycles. The van der Waals surface area contributed by atoms with E-state index in [1.165, 1.54) is 11.4 Å². The highest BCUT2D eigenvalue weighted by atomic mass is 35.5. The molecule has 1 aromatic carbocycles. The molecular formula is C13H19ClN4O3S. The van der Waals surface area contributed by atoms with Gasteiger partial charge in [-0.1, -0.05) is 29.4 Å². The Bertz CT molecular complexity index is 700. The van der Waals surface area contributed by atoms with Crippen LogP contribution in [0.2, 0.25) is 0 Å². The zero-order valence-electron chi connectivity index (χ0n) is 12.4. The summed E-state index contributed by atoms with van der Waals surface area (Å²) in [7, 11) is -1.78. The summed E-state index contributed by atoms with van der Waals surface area (Å²) >= 11 is 0. The van der Waals surface area contributed by atoms with Crippen molar-refractivity contribution in [1.82, 2.24) is 14.4 Å². The monoisotopic (exact) mass is 346 g/mol. The molecule has 0 fully saturated rings. The Balaban J connectivity index is 0.00000242. The van der Waals surface area contributed by atoms with Gasteiger partial charge < -0.3 is 10.3 Å². The number of hydrogen-bond acceptors (Lipinski definition) is 6. The summed E-state index contributed by atoms with van der Waals surface area (Å²) < 4.78 is 29.6. The largest absolute Gasteiger partial charge is 0.338 e. The fourth-order valence-corrected chi connectivity index (χ4v) is 2.48. The van der Waals surface area contributed by atoms with Crippen molar-refractivity contribution in [3.63, 3.8) is 0 Å². The first-order chi connectivity index (χ1) is 9.96. The van der Waals surface area contributed by atoms with Crippen LogP contribution in [0.15, 0.2) is 28.8 Å². The quantitative estimate of drug-likeness (QED) is 0.848. The number of benzene rings is 1. The van der Waals surface area contributed by atoms with Gasteiger partial charge in [0.1, 0.15) is 0 Å². The summed E-state index contributed by atoms with van der Waals surface area (Å²) in [6, 6.07) is 7.48. The van der Waals surface area contributed by atoms with Gasteiger partial charge >= 0.3 is 0 Å². The van der Waals surface area contributed by atoms with Gasteiger partial charge in [0.05, 0.1) is 12.3 Å². The van der Waals surface area contributed by atoms with Crippen LogP contribution in [-0.2, 0) is 23.1 Å². The van der Waals surface area contributed by atoms with Gasteiger partial charge in [0.25, 0.3) is 0 Å². The molecular weight excluding hydrogens is 328 g/mol. The highest BCUT2D eigenvalue weighted by Crippen LogP contribution is 2.17. The van der Waals surface area contributed by atoms with E-state index in [1.54, 1.807) is 6.92 Å². The summed E-state index contributed by atoms with van der Waals surface area (Å²) in [5.41, 5.74) is 7.34. The van der Waals surface area contributed by atoms with Crippen molar-refractivity contribution in [2.24, 2.45) is 5.73 Å². The van der Waals surface area contributed by atoms with Crippen LogP contribution < -0.4 is 5.73 Å². The fourth-order valence-electron chi connectivity index (χ4n) is 1.74. The van der Waals surface area contributed by atoms with Gasteiger partial charge in [0, 0.05) is 19.2 Å². The van der Waals surface area contributed by atoms with Crippen LogP contribution in [0.4, 0.5) is 0 Å². The second kappa shape index (κ2) is 7.68. The zero-order valence-corrected chi connectivity index (χ0v) is 14.0. The van der Waals surface area contributed by atoms with Crippen molar-refractivity contribution in [3.8, 4) is 11.4 Å². The van der Waals surface area contributed by atoms with Gasteiger partial charge in [0.2, 0.25) is 21.7 Å². The van der Waals surface area contributed by atoms with Crippen LogP contribution >= 0.6 is 12.4 Å². The molecule has 1 heterocycles. The first kappa shape index (κ1) is 18.6. The number of rotatable bonds is 6. The summed E-state index contributed by atoms with van der Waals surface area (Å²) in [5, 5.41) is 3.86. The lowest BCUT2D eigenvalue weighted by Crippen LogP contribution is -2.27. The summed E-state index contributed by atoms with van der Waals surface area (Å²) in [6.07, 6.45) is 0. The minimum absolute atomic E-state index is 0. The molecule has 2 N–H and O–H groups in total. The molecule has 0 radical (unpaired) electrons. The molecule has 2 aromatic rings. The highest BCUT2D eigenvalue weighted by molar-refractivity contribution is 7.89. The van der Waals surface area contributed by atoms with Gasteiger partial charge in [-0.2, -0.15) is 9.29 Å².